The molecule has 0 aliphatic rings. The summed E-state index contributed by atoms with van der Waals surface area (Å²) in [5.74, 6) is 0.242. The highest BCUT2D eigenvalue weighted by molar-refractivity contribution is 5.57. The van der Waals surface area contributed by atoms with E-state index in [9.17, 15) is 5.11 Å². The van der Waals surface area contributed by atoms with Crippen molar-refractivity contribution in [2.75, 3.05) is 6.61 Å². The molecule has 0 saturated heterocycles. The first-order valence-corrected chi connectivity index (χ1v) is 7.62. The van der Waals surface area contributed by atoms with Gasteiger partial charge in [0, 0.05) is 0 Å². The fourth-order valence-electron chi connectivity index (χ4n) is 2.05. The third-order valence-corrected chi connectivity index (χ3v) is 3.40. The summed E-state index contributed by atoms with van der Waals surface area (Å²) in [4.78, 5) is 0. The second kappa shape index (κ2) is 9.30. The number of hydrogen-bond donors (Lipinski definition) is 4. The molecule has 0 aliphatic heterocycles. The number of aliphatic hydroxyl groups excluding tert-OH is 2. The van der Waals surface area contributed by atoms with Crippen molar-refractivity contribution < 1.29 is 20.4 Å². The van der Waals surface area contributed by atoms with E-state index in [2.05, 4.69) is 0 Å². The number of hydrogen-bond acceptors (Lipinski definition) is 4. The highest BCUT2D eigenvalue weighted by Gasteiger charge is 2.08. The van der Waals surface area contributed by atoms with Crippen LogP contribution in [0.4, 0.5) is 0 Å². The van der Waals surface area contributed by atoms with Crippen LogP contribution in [0.3, 0.4) is 0 Å². The summed E-state index contributed by atoms with van der Waals surface area (Å²) in [5.41, 5.74) is 4.31. The van der Waals surface area contributed by atoms with E-state index in [-0.39, 0.29) is 12.4 Å². The summed E-state index contributed by atoms with van der Waals surface area (Å²) in [6, 6.07) is 3.64. The van der Waals surface area contributed by atoms with Crippen molar-refractivity contribution >= 4 is 6.08 Å². The first-order valence-electron chi connectivity index (χ1n) is 7.62. The summed E-state index contributed by atoms with van der Waals surface area (Å²) in [7, 11) is 0. The van der Waals surface area contributed by atoms with Crippen LogP contribution in [0.15, 0.2) is 41.5 Å². The Kier molecular flexibility index (Phi) is 7.75. The molecule has 0 heterocycles. The lowest BCUT2D eigenvalue weighted by molar-refractivity contribution is 0.00303. The van der Waals surface area contributed by atoms with Crippen LogP contribution in [-0.2, 0) is 12.8 Å². The van der Waals surface area contributed by atoms with Gasteiger partial charge in [-0.15, -0.1) is 0 Å². The van der Waals surface area contributed by atoms with Crippen LogP contribution in [0, 0.1) is 0 Å². The van der Waals surface area contributed by atoms with Crippen LogP contribution in [0.2, 0.25) is 0 Å². The van der Waals surface area contributed by atoms with Gasteiger partial charge in [0.25, 0.3) is 0 Å². The van der Waals surface area contributed by atoms with E-state index in [0.29, 0.717) is 12.8 Å². The fourth-order valence-corrected chi connectivity index (χ4v) is 2.05. The van der Waals surface area contributed by atoms with Crippen molar-refractivity contribution in [3.63, 3.8) is 0 Å². The van der Waals surface area contributed by atoms with Crippen molar-refractivity contribution in [2.45, 2.75) is 39.9 Å². The van der Waals surface area contributed by atoms with Gasteiger partial charge in [0.15, 0.2) is 6.29 Å². The monoisotopic (exact) mass is 318 g/mol. The average Bonchev–Trinajstić information content (AvgIpc) is 2.50. The average molecular weight is 318 g/mol. The lowest BCUT2D eigenvalue weighted by atomic mass is 9.98. The van der Waals surface area contributed by atoms with Gasteiger partial charge < -0.3 is 20.4 Å². The third kappa shape index (κ3) is 6.82. The Labute approximate surface area is 137 Å². The van der Waals surface area contributed by atoms with Crippen molar-refractivity contribution in [3.05, 3.63) is 58.2 Å². The maximum atomic E-state index is 10.4. The summed E-state index contributed by atoms with van der Waals surface area (Å²) in [6.45, 7) is 5.81. The third-order valence-electron chi connectivity index (χ3n) is 3.40. The maximum absolute atomic E-state index is 10.4. The lowest BCUT2D eigenvalue weighted by Crippen LogP contribution is -1.98. The van der Waals surface area contributed by atoms with Gasteiger partial charge in [-0.3, -0.25) is 0 Å². The number of allylic oxidation sites excluding steroid dienone is 3. The molecule has 23 heavy (non-hydrogen) atoms. The van der Waals surface area contributed by atoms with Crippen LogP contribution in [0.25, 0.3) is 6.08 Å². The van der Waals surface area contributed by atoms with Crippen LogP contribution >= 0.6 is 0 Å². The van der Waals surface area contributed by atoms with E-state index in [4.69, 9.17) is 15.3 Å². The number of phenols is 1. The first-order chi connectivity index (χ1) is 10.8. The Bertz CT molecular complexity index is 606. The summed E-state index contributed by atoms with van der Waals surface area (Å²) >= 11 is 0. The molecule has 0 atom stereocenters. The molecule has 1 aromatic rings. The summed E-state index contributed by atoms with van der Waals surface area (Å²) < 4.78 is 0. The molecule has 0 amide bonds. The fraction of sp³-hybridized carbons (Fsp3) is 0.368. The molecule has 1 rings (SSSR count). The zero-order valence-corrected chi connectivity index (χ0v) is 14.0. The molecule has 4 nitrogen and oxygen atoms in total. The van der Waals surface area contributed by atoms with Gasteiger partial charge in [-0.1, -0.05) is 29.4 Å². The van der Waals surface area contributed by atoms with E-state index in [0.717, 1.165) is 27.8 Å². The van der Waals surface area contributed by atoms with Crippen molar-refractivity contribution in [2.24, 2.45) is 0 Å². The molecule has 4 heteroatoms. The van der Waals surface area contributed by atoms with Crippen LogP contribution < -0.4 is 0 Å². The SMILES string of the molecule is CC(C)=CCc1cc(/C=C/C(O)O)cc(C/C=C(/C)CO)c1O. The van der Waals surface area contributed by atoms with E-state index in [1.807, 2.05) is 39.0 Å². The molecular weight excluding hydrogens is 292 g/mol. The Morgan fingerprint density at radius 1 is 1.04 bits per heavy atom. The van der Waals surface area contributed by atoms with Crippen LogP contribution in [0.5, 0.6) is 5.75 Å². The summed E-state index contributed by atoms with van der Waals surface area (Å²) in [5, 5.41) is 37.4. The van der Waals surface area contributed by atoms with Gasteiger partial charge in [0.05, 0.1) is 6.61 Å². The minimum absolute atomic E-state index is 0.0122. The molecule has 1 aromatic carbocycles. The van der Waals surface area contributed by atoms with E-state index in [1.165, 1.54) is 6.08 Å². The van der Waals surface area contributed by atoms with Gasteiger partial charge in [0.2, 0.25) is 0 Å². The van der Waals surface area contributed by atoms with Crippen LogP contribution in [-0.4, -0.2) is 33.3 Å². The number of rotatable bonds is 7. The lowest BCUT2D eigenvalue weighted by Gasteiger charge is -2.10. The highest BCUT2D eigenvalue weighted by Crippen LogP contribution is 2.27. The largest absolute Gasteiger partial charge is 0.507 e. The Balaban J connectivity index is 3.22. The molecule has 0 radical (unpaired) electrons. The first kappa shape index (κ1) is 19.2. The molecule has 4 N–H and O–H groups in total. The summed E-state index contributed by atoms with van der Waals surface area (Å²) in [6.07, 6.45) is 6.38. The minimum Gasteiger partial charge on any atom is -0.507 e. The topological polar surface area (TPSA) is 80.9 Å². The van der Waals surface area contributed by atoms with Crippen LogP contribution in [0.1, 0.15) is 37.5 Å². The second-order valence-electron chi connectivity index (χ2n) is 5.86. The van der Waals surface area contributed by atoms with Crippen molar-refractivity contribution in [1.29, 1.82) is 0 Å². The molecule has 0 saturated carbocycles. The Morgan fingerprint density at radius 2 is 1.61 bits per heavy atom. The van der Waals surface area contributed by atoms with Gasteiger partial charge in [-0.05, 0) is 68.5 Å². The van der Waals surface area contributed by atoms with Gasteiger partial charge >= 0.3 is 0 Å². The number of benzene rings is 1. The van der Waals surface area contributed by atoms with Gasteiger partial charge in [-0.2, -0.15) is 0 Å². The molecular formula is C19H26O4. The number of aliphatic hydroxyl groups is 3. The quantitative estimate of drug-likeness (QED) is 0.460. The molecule has 0 spiro atoms. The van der Waals surface area contributed by atoms with E-state index in [1.54, 1.807) is 12.1 Å². The van der Waals surface area contributed by atoms with Gasteiger partial charge in [0.1, 0.15) is 5.75 Å². The van der Waals surface area contributed by atoms with Gasteiger partial charge in [-0.25, -0.2) is 0 Å². The molecule has 0 unspecified atom stereocenters. The second-order valence-corrected chi connectivity index (χ2v) is 5.86. The maximum Gasteiger partial charge on any atom is 0.171 e. The molecule has 0 bridgehead atoms. The predicted octanol–water partition coefficient (Wildman–Crippen LogP) is 2.71. The minimum atomic E-state index is -1.51. The van der Waals surface area contributed by atoms with E-state index < -0.39 is 6.29 Å². The smallest absolute Gasteiger partial charge is 0.171 e. The van der Waals surface area contributed by atoms with Crippen molar-refractivity contribution in [1.82, 2.24) is 0 Å². The van der Waals surface area contributed by atoms with E-state index >= 15 is 0 Å². The molecule has 0 aromatic heterocycles. The predicted molar refractivity (Wildman–Crippen MR) is 93.0 cm³/mol. The Hall–Kier alpha value is -1.88. The number of phenolic OH excluding ortho intramolecular Hbond substituents is 1. The number of aromatic hydroxyl groups is 1. The standard InChI is InChI=1S/C19H26O4/c1-13(2)4-7-16-10-15(6-9-18(21)22)11-17(19(16)23)8-5-14(3)12-20/h4-6,9-11,18,20-23H,7-8,12H2,1-3H3/b9-6+,14-5-. The zero-order valence-electron chi connectivity index (χ0n) is 14.0. The van der Waals surface area contributed by atoms with Crippen molar-refractivity contribution in [3.8, 4) is 5.75 Å². The highest BCUT2D eigenvalue weighted by atomic mass is 16.5. The molecule has 0 fully saturated rings. The molecule has 0 aliphatic carbocycles. The zero-order chi connectivity index (χ0) is 17.4. The normalized spacial score (nSPS) is 12.2. The Morgan fingerprint density at radius 3 is 2.09 bits per heavy atom. The molecule has 126 valence electrons.